The highest BCUT2D eigenvalue weighted by atomic mass is 32.2. The minimum absolute atomic E-state index is 0.0385. The van der Waals surface area contributed by atoms with E-state index in [9.17, 15) is 4.79 Å². The third-order valence-electron chi connectivity index (χ3n) is 4.67. The van der Waals surface area contributed by atoms with Gasteiger partial charge in [0, 0.05) is 43.7 Å². The standard InChI is InChI=1S/C18H25N3OS/c1-23-14-15-6-2-3-7-17(15)19-18(22)21-12-8-16(9-13-21)20-10-4-5-11-20/h2-7,16H,8-14H2,1H3,(H,19,22). The predicted octanol–water partition coefficient (Wildman–Crippen LogP) is 3.42. The van der Waals surface area contributed by atoms with Crippen LogP contribution in [0.4, 0.5) is 10.5 Å². The minimum atomic E-state index is 0.0385. The highest BCUT2D eigenvalue weighted by molar-refractivity contribution is 7.97. The molecule has 4 nitrogen and oxygen atoms in total. The average Bonchev–Trinajstić information content (AvgIpc) is 3.11. The molecule has 2 heterocycles. The van der Waals surface area contributed by atoms with Gasteiger partial charge in [-0.2, -0.15) is 11.8 Å². The summed E-state index contributed by atoms with van der Waals surface area (Å²) in [6, 6.07) is 8.74. The second kappa shape index (κ2) is 7.88. The maximum Gasteiger partial charge on any atom is 0.321 e. The molecular formula is C18H25N3OS. The molecule has 124 valence electrons. The molecule has 1 fully saturated rings. The molecular weight excluding hydrogens is 306 g/mol. The van der Waals surface area contributed by atoms with E-state index in [1.165, 1.54) is 5.56 Å². The van der Waals surface area contributed by atoms with E-state index < -0.39 is 0 Å². The van der Waals surface area contributed by atoms with Crippen molar-refractivity contribution in [2.24, 2.45) is 0 Å². The van der Waals surface area contributed by atoms with E-state index in [-0.39, 0.29) is 6.03 Å². The van der Waals surface area contributed by atoms with Gasteiger partial charge in [0.1, 0.15) is 0 Å². The van der Waals surface area contributed by atoms with E-state index in [1.54, 1.807) is 11.8 Å². The highest BCUT2D eigenvalue weighted by Gasteiger charge is 2.27. The second-order valence-corrected chi connectivity index (χ2v) is 7.03. The Bertz CT molecular complexity index is 559. The summed E-state index contributed by atoms with van der Waals surface area (Å²) in [5.74, 6) is 0.917. The summed E-state index contributed by atoms with van der Waals surface area (Å²) in [4.78, 5) is 17.0. The van der Waals surface area contributed by atoms with E-state index in [1.807, 2.05) is 23.1 Å². The predicted molar refractivity (Wildman–Crippen MR) is 98.0 cm³/mol. The van der Waals surface area contributed by atoms with Crippen LogP contribution >= 0.6 is 11.8 Å². The van der Waals surface area contributed by atoms with Crippen LogP contribution in [0.15, 0.2) is 36.4 Å². The zero-order valence-corrected chi connectivity index (χ0v) is 14.5. The number of para-hydroxylation sites is 1. The molecule has 1 aromatic rings. The first-order chi connectivity index (χ1) is 11.3. The van der Waals surface area contributed by atoms with E-state index in [0.29, 0.717) is 6.04 Å². The highest BCUT2D eigenvalue weighted by Crippen LogP contribution is 2.22. The first-order valence-corrected chi connectivity index (χ1v) is 9.69. The van der Waals surface area contributed by atoms with Gasteiger partial charge in [-0.3, -0.25) is 4.90 Å². The molecule has 2 aliphatic rings. The second-order valence-electron chi connectivity index (χ2n) is 6.16. The number of nitrogens with zero attached hydrogens (tertiary/aromatic N) is 2. The minimum Gasteiger partial charge on any atom is -0.324 e. The van der Waals surface area contributed by atoms with Gasteiger partial charge < -0.3 is 10.2 Å². The van der Waals surface area contributed by atoms with Gasteiger partial charge in [0.2, 0.25) is 0 Å². The number of piperidine rings is 1. The van der Waals surface area contributed by atoms with Crippen molar-refractivity contribution in [2.45, 2.75) is 24.6 Å². The van der Waals surface area contributed by atoms with E-state index in [0.717, 1.165) is 50.5 Å². The molecule has 0 aliphatic carbocycles. The van der Waals surface area contributed by atoms with Gasteiger partial charge in [-0.25, -0.2) is 4.79 Å². The SMILES string of the molecule is CSCc1ccccc1NC(=O)N1CCC(N2CC=CC2)CC1. The molecule has 0 radical (unpaired) electrons. The molecule has 1 N–H and O–H groups in total. The monoisotopic (exact) mass is 331 g/mol. The van der Waals surface area contributed by atoms with Crippen LogP contribution in [0.2, 0.25) is 0 Å². The van der Waals surface area contributed by atoms with Crippen molar-refractivity contribution >= 4 is 23.5 Å². The molecule has 0 saturated carbocycles. The quantitative estimate of drug-likeness (QED) is 0.859. The van der Waals surface area contributed by atoms with Crippen molar-refractivity contribution in [3.8, 4) is 0 Å². The van der Waals surface area contributed by atoms with Gasteiger partial charge in [-0.15, -0.1) is 0 Å². The van der Waals surface area contributed by atoms with Gasteiger partial charge in [0.15, 0.2) is 0 Å². The van der Waals surface area contributed by atoms with Crippen LogP contribution in [0.3, 0.4) is 0 Å². The van der Waals surface area contributed by atoms with Crippen LogP contribution in [0.5, 0.6) is 0 Å². The van der Waals surface area contributed by atoms with Crippen molar-refractivity contribution < 1.29 is 4.79 Å². The fraction of sp³-hybridized carbons (Fsp3) is 0.500. The summed E-state index contributed by atoms with van der Waals surface area (Å²) in [5.41, 5.74) is 2.13. The summed E-state index contributed by atoms with van der Waals surface area (Å²) in [6.45, 7) is 3.83. The van der Waals surface area contributed by atoms with Crippen LogP contribution in [-0.4, -0.2) is 54.3 Å². The Labute approximate surface area is 142 Å². The molecule has 0 aromatic heterocycles. The number of hydrogen-bond donors (Lipinski definition) is 1. The lowest BCUT2D eigenvalue weighted by Crippen LogP contribution is -2.47. The zero-order chi connectivity index (χ0) is 16.1. The number of rotatable bonds is 4. The number of thioether (sulfide) groups is 1. The lowest BCUT2D eigenvalue weighted by atomic mass is 10.0. The van der Waals surface area contributed by atoms with Crippen LogP contribution < -0.4 is 5.32 Å². The van der Waals surface area contributed by atoms with Crippen LogP contribution in [-0.2, 0) is 5.75 Å². The number of likely N-dealkylation sites (tertiary alicyclic amines) is 1. The number of carbonyl (C=O) groups is 1. The summed E-state index contributed by atoms with van der Waals surface area (Å²) >= 11 is 1.77. The molecule has 2 aliphatic heterocycles. The fourth-order valence-electron chi connectivity index (χ4n) is 3.34. The van der Waals surface area contributed by atoms with Crippen molar-refractivity contribution in [1.82, 2.24) is 9.80 Å². The molecule has 2 amide bonds. The number of hydrogen-bond acceptors (Lipinski definition) is 3. The lowest BCUT2D eigenvalue weighted by molar-refractivity contribution is 0.144. The van der Waals surface area contributed by atoms with Crippen molar-refractivity contribution in [3.05, 3.63) is 42.0 Å². The normalized spacial score (nSPS) is 19.3. The molecule has 3 rings (SSSR count). The van der Waals surface area contributed by atoms with Crippen LogP contribution in [0.25, 0.3) is 0 Å². The average molecular weight is 331 g/mol. The van der Waals surface area contributed by atoms with Crippen molar-refractivity contribution in [1.29, 1.82) is 0 Å². The van der Waals surface area contributed by atoms with Crippen LogP contribution in [0, 0.1) is 0 Å². The molecule has 0 bridgehead atoms. The maximum absolute atomic E-state index is 12.5. The van der Waals surface area contributed by atoms with Gasteiger partial charge in [-0.1, -0.05) is 30.4 Å². The van der Waals surface area contributed by atoms with Crippen molar-refractivity contribution in [2.75, 3.05) is 37.8 Å². The first-order valence-electron chi connectivity index (χ1n) is 8.29. The summed E-state index contributed by atoms with van der Waals surface area (Å²) in [5, 5.41) is 3.10. The number of carbonyl (C=O) groups excluding carboxylic acids is 1. The Hall–Kier alpha value is -1.46. The zero-order valence-electron chi connectivity index (χ0n) is 13.7. The molecule has 23 heavy (non-hydrogen) atoms. The Morgan fingerprint density at radius 3 is 2.61 bits per heavy atom. The molecule has 1 aromatic carbocycles. The van der Waals surface area contributed by atoms with Gasteiger partial charge in [0.05, 0.1) is 0 Å². The van der Waals surface area contributed by atoms with E-state index in [4.69, 9.17) is 0 Å². The lowest BCUT2D eigenvalue weighted by Gasteiger charge is -2.36. The number of urea groups is 1. The Kier molecular flexibility index (Phi) is 5.62. The molecule has 0 spiro atoms. The number of benzene rings is 1. The number of amides is 2. The van der Waals surface area contributed by atoms with Gasteiger partial charge >= 0.3 is 6.03 Å². The number of anilines is 1. The molecule has 1 saturated heterocycles. The Morgan fingerprint density at radius 2 is 1.91 bits per heavy atom. The smallest absolute Gasteiger partial charge is 0.321 e. The number of nitrogens with one attached hydrogen (secondary N) is 1. The summed E-state index contributed by atoms with van der Waals surface area (Å²) in [6.07, 6.45) is 8.70. The fourth-order valence-corrected chi connectivity index (χ4v) is 3.91. The van der Waals surface area contributed by atoms with E-state index >= 15 is 0 Å². The Morgan fingerprint density at radius 1 is 1.22 bits per heavy atom. The topological polar surface area (TPSA) is 35.6 Å². The van der Waals surface area contributed by atoms with E-state index in [2.05, 4.69) is 34.7 Å². The van der Waals surface area contributed by atoms with Crippen molar-refractivity contribution in [3.63, 3.8) is 0 Å². The van der Waals surface area contributed by atoms with Crippen LogP contribution in [0.1, 0.15) is 18.4 Å². The van der Waals surface area contributed by atoms with Gasteiger partial charge in [0.25, 0.3) is 0 Å². The van der Waals surface area contributed by atoms with Gasteiger partial charge in [-0.05, 0) is 30.7 Å². The summed E-state index contributed by atoms with van der Waals surface area (Å²) < 4.78 is 0. The molecule has 0 atom stereocenters. The largest absolute Gasteiger partial charge is 0.324 e. The third kappa shape index (κ3) is 4.09. The summed E-state index contributed by atoms with van der Waals surface area (Å²) in [7, 11) is 0. The first kappa shape index (κ1) is 16.4. The Balaban J connectivity index is 1.53. The molecule has 0 unspecified atom stereocenters. The molecule has 5 heteroatoms. The maximum atomic E-state index is 12.5. The third-order valence-corrected chi connectivity index (χ3v) is 5.27.